The van der Waals surface area contributed by atoms with Gasteiger partial charge in [0.1, 0.15) is 18.0 Å². The number of nitrogens with one attached hydrogen (secondary N) is 1. The van der Waals surface area contributed by atoms with Crippen molar-refractivity contribution < 1.29 is 24.2 Å². The molecule has 0 bridgehead atoms. The maximum Gasteiger partial charge on any atom is 0.411 e. The van der Waals surface area contributed by atoms with E-state index in [9.17, 15) is 14.7 Å². The van der Waals surface area contributed by atoms with E-state index in [1.165, 1.54) is 25.3 Å². The molecular weight excluding hydrogens is 370 g/mol. The Morgan fingerprint density at radius 2 is 1.55 bits per heavy atom. The summed E-state index contributed by atoms with van der Waals surface area (Å²) in [4.78, 5) is 24.3. The zero-order chi connectivity index (χ0) is 20.4. The van der Waals surface area contributed by atoms with Crippen LogP contribution in [-0.2, 0) is 9.47 Å². The van der Waals surface area contributed by atoms with Crippen molar-refractivity contribution in [2.75, 3.05) is 19.0 Å². The maximum atomic E-state index is 12.4. The van der Waals surface area contributed by atoms with Gasteiger partial charge in [0.25, 0.3) is 0 Å². The molecule has 6 heteroatoms. The van der Waals surface area contributed by atoms with E-state index in [4.69, 9.17) is 9.47 Å². The Kier molecular flexibility index (Phi) is 4.91. The van der Waals surface area contributed by atoms with E-state index in [2.05, 4.69) is 17.4 Å². The first-order chi connectivity index (χ1) is 14.1. The van der Waals surface area contributed by atoms with Crippen LogP contribution in [0.25, 0.3) is 11.1 Å². The minimum absolute atomic E-state index is 0.0426. The largest absolute Gasteiger partial charge is 0.506 e. The van der Waals surface area contributed by atoms with Crippen LogP contribution < -0.4 is 5.32 Å². The third-order valence-corrected chi connectivity index (χ3v) is 5.02. The lowest BCUT2D eigenvalue weighted by Crippen LogP contribution is -2.19. The Hall–Kier alpha value is -3.80. The van der Waals surface area contributed by atoms with Crippen LogP contribution in [0.5, 0.6) is 5.75 Å². The number of fused-ring (bicyclic) bond motifs is 3. The van der Waals surface area contributed by atoms with Crippen molar-refractivity contribution in [1.29, 1.82) is 0 Å². The van der Waals surface area contributed by atoms with Crippen LogP contribution >= 0.6 is 0 Å². The highest BCUT2D eigenvalue weighted by molar-refractivity contribution is 6.01. The minimum atomic E-state index is -0.765. The van der Waals surface area contributed by atoms with Crippen molar-refractivity contribution in [1.82, 2.24) is 0 Å². The molecule has 1 aliphatic rings. The van der Waals surface area contributed by atoms with Gasteiger partial charge in [0.2, 0.25) is 0 Å². The van der Waals surface area contributed by atoms with Crippen LogP contribution in [0.3, 0.4) is 0 Å². The van der Waals surface area contributed by atoms with E-state index in [-0.39, 0.29) is 29.5 Å². The molecule has 2 N–H and O–H groups in total. The van der Waals surface area contributed by atoms with Gasteiger partial charge in [-0.1, -0.05) is 54.6 Å². The molecule has 0 aromatic heterocycles. The first kappa shape index (κ1) is 18.6. The fraction of sp³-hybridized carbons (Fsp3) is 0.130. The highest BCUT2D eigenvalue weighted by Crippen LogP contribution is 2.44. The van der Waals surface area contributed by atoms with E-state index in [0.29, 0.717) is 0 Å². The number of esters is 1. The number of ether oxygens (including phenoxy) is 2. The summed E-state index contributed by atoms with van der Waals surface area (Å²) >= 11 is 0. The lowest BCUT2D eigenvalue weighted by atomic mass is 9.98. The van der Waals surface area contributed by atoms with Crippen LogP contribution in [-0.4, -0.2) is 30.9 Å². The number of amides is 1. The lowest BCUT2D eigenvalue weighted by molar-refractivity contribution is 0.0601. The first-order valence-corrected chi connectivity index (χ1v) is 9.12. The fourth-order valence-corrected chi connectivity index (χ4v) is 3.69. The average molecular weight is 389 g/mol. The number of carbonyl (C=O) groups is 2. The van der Waals surface area contributed by atoms with Crippen molar-refractivity contribution in [2.24, 2.45) is 0 Å². The normalized spacial score (nSPS) is 12.0. The van der Waals surface area contributed by atoms with Gasteiger partial charge in [-0.3, -0.25) is 5.32 Å². The first-order valence-electron chi connectivity index (χ1n) is 9.12. The third kappa shape index (κ3) is 3.40. The molecule has 0 atom stereocenters. The summed E-state index contributed by atoms with van der Waals surface area (Å²) in [6.07, 6.45) is -0.765. The van der Waals surface area contributed by atoms with Crippen molar-refractivity contribution in [3.05, 3.63) is 83.4 Å². The summed E-state index contributed by atoms with van der Waals surface area (Å²) in [6, 6.07) is 20.4. The van der Waals surface area contributed by atoms with E-state index < -0.39 is 12.1 Å². The van der Waals surface area contributed by atoms with Gasteiger partial charge in [0, 0.05) is 5.92 Å². The van der Waals surface area contributed by atoms with E-state index in [1.807, 2.05) is 36.4 Å². The summed E-state index contributed by atoms with van der Waals surface area (Å²) in [6.45, 7) is 0.126. The molecule has 1 aliphatic carbocycles. The minimum Gasteiger partial charge on any atom is -0.506 e. The quantitative estimate of drug-likeness (QED) is 0.505. The number of hydrogen-bond donors (Lipinski definition) is 2. The van der Waals surface area contributed by atoms with Gasteiger partial charge in [-0.2, -0.15) is 0 Å². The Bertz CT molecular complexity index is 1050. The Morgan fingerprint density at radius 1 is 0.931 bits per heavy atom. The SMILES string of the molecule is COC(=O)c1cccc(O)c1NC(=O)OCC1c2ccccc2-c2ccccc21. The predicted molar refractivity (Wildman–Crippen MR) is 108 cm³/mol. The molecule has 3 aromatic rings. The van der Waals surface area contributed by atoms with E-state index in [0.717, 1.165) is 22.3 Å². The van der Waals surface area contributed by atoms with Crippen LogP contribution in [0.1, 0.15) is 27.4 Å². The molecule has 0 spiro atoms. The Labute approximate surface area is 167 Å². The van der Waals surface area contributed by atoms with Crippen molar-refractivity contribution in [2.45, 2.75) is 5.92 Å². The molecule has 0 heterocycles. The number of benzene rings is 3. The van der Waals surface area contributed by atoms with Crippen LogP contribution in [0.2, 0.25) is 0 Å². The number of anilines is 1. The number of rotatable bonds is 4. The number of phenolic OH excluding ortho intramolecular Hbond substituents is 1. The van der Waals surface area contributed by atoms with Crippen molar-refractivity contribution in [3.63, 3.8) is 0 Å². The number of para-hydroxylation sites is 1. The van der Waals surface area contributed by atoms with Gasteiger partial charge in [-0.25, -0.2) is 9.59 Å². The molecule has 1 amide bonds. The van der Waals surface area contributed by atoms with E-state index >= 15 is 0 Å². The number of hydrogen-bond acceptors (Lipinski definition) is 5. The lowest BCUT2D eigenvalue weighted by Gasteiger charge is -2.16. The number of methoxy groups -OCH3 is 1. The van der Waals surface area contributed by atoms with Gasteiger partial charge < -0.3 is 14.6 Å². The van der Waals surface area contributed by atoms with Crippen molar-refractivity contribution >= 4 is 17.7 Å². The summed E-state index contributed by atoms with van der Waals surface area (Å²) in [5.41, 5.74) is 4.45. The van der Waals surface area contributed by atoms with Gasteiger partial charge >= 0.3 is 12.1 Å². The fourth-order valence-electron chi connectivity index (χ4n) is 3.69. The standard InChI is InChI=1S/C23H19NO5/c1-28-22(26)18-11-6-12-20(25)21(18)24-23(27)29-13-19-16-9-4-2-7-14(16)15-8-3-5-10-17(15)19/h2-12,19,25H,13H2,1H3,(H,24,27). The summed E-state index contributed by atoms with van der Waals surface area (Å²) in [7, 11) is 1.23. The van der Waals surface area contributed by atoms with Gasteiger partial charge in [0.05, 0.1) is 12.7 Å². The second-order valence-electron chi connectivity index (χ2n) is 6.64. The van der Waals surface area contributed by atoms with Crippen LogP contribution in [0.4, 0.5) is 10.5 Å². The van der Waals surface area contributed by atoms with E-state index in [1.54, 1.807) is 0 Å². The monoisotopic (exact) mass is 389 g/mol. The van der Waals surface area contributed by atoms with Crippen molar-refractivity contribution in [3.8, 4) is 16.9 Å². The molecule has 0 saturated heterocycles. The topological polar surface area (TPSA) is 84.9 Å². The number of aromatic hydroxyl groups is 1. The second-order valence-corrected chi connectivity index (χ2v) is 6.64. The summed E-state index contributed by atoms with van der Waals surface area (Å²) in [5.74, 6) is -1.01. The number of carbonyl (C=O) groups excluding carboxylic acids is 2. The zero-order valence-electron chi connectivity index (χ0n) is 15.7. The Balaban J connectivity index is 1.53. The molecule has 0 radical (unpaired) electrons. The van der Waals surface area contributed by atoms with Gasteiger partial charge in [-0.15, -0.1) is 0 Å². The zero-order valence-corrected chi connectivity index (χ0v) is 15.7. The molecule has 0 fully saturated rings. The molecule has 6 nitrogen and oxygen atoms in total. The highest BCUT2D eigenvalue weighted by atomic mass is 16.5. The predicted octanol–water partition coefficient (Wildman–Crippen LogP) is 4.54. The van der Waals surface area contributed by atoms with Gasteiger partial charge in [0.15, 0.2) is 0 Å². The number of phenols is 1. The molecule has 4 rings (SSSR count). The smallest absolute Gasteiger partial charge is 0.411 e. The summed E-state index contributed by atoms with van der Waals surface area (Å²) in [5, 5.41) is 12.5. The maximum absolute atomic E-state index is 12.4. The molecule has 3 aromatic carbocycles. The van der Waals surface area contributed by atoms with Gasteiger partial charge in [-0.05, 0) is 34.4 Å². The highest BCUT2D eigenvalue weighted by Gasteiger charge is 2.29. The molecule has 0 saturated carbocycles. The molecule has 146 valence electrons. The molecular formula is C23H19NO5. The third-order valence-electron chi connectivity index (χ3n) is 5.02. The summed E-state index contributed by atoms with van der Waals surface area (Å²) < 4.78 is 10.1. The average Bonchev–Trinajstić information content (AvgIpc) is 3.07. The van der Waals surface area contributed by atoms with Crippen LogP contribution in [0.15, 0.2) is 66.7 Å². The molecule has 29 heavy (non-hydrogen) atoms. The van der Waals surface area contributed by atoms with Crippen LogP contribution in [0, 0.1) is 0 Å². The second kappa shape index (κ2) is 7.67. The molecule has 0 unspecified atom stereocenters. The Morgan fingerprint density at radius 3 is 2.17 bits per heavy atom. The molecule has 0 aliphatic heterocycles.